The fraction of sp³-hybridized carbons (Fsp3) is 0.211. The van der Waals surface area contributed by atoms with Gasteiger partial charge in [-0.05, 0) is 6.07 Å². The number of nitrogens with zero attached hydrogens (tertiary/aromatic N) is 3. The number of thioether (sulfide) groups is 1. The second-order valence-electron chi connectivity index (χ2n) is 5.93. The molecule has 3 rings (SSSR count). The Balaban J connectivity index is 1.64. The van der Waals surface area contributed by atoms with Crippen LogP contribution >= 0.6 is 11.8 Å². The summed E-state index contributed by atoms with van der Waals surface area (Å²) >= 11 is 1.03. The summed E-state index contributed by atoms with van der Waals surface area (Å²) in [5.41, 5.74) is 0.785. The molecule has 0 bridgehead atoms. The number of nitro groups is 1. The monoisotopic (exact) mass is 446 g/mol. The van der Waals surface area contributed by atoms with Gasteiger partial charge in [0.15, 0.2) is 11.5 Å². The first-order chi connectivity index (χ1) is 14.9. The number of amides is 1. The van der Waals surface area contributed by atoms with Crippen LogP contribution in [0.2, 0.25) is 0 Å². The Labute approximate surface area is 180 Å². The van der Waals surface area contributed by atoms with Gasteiger partial charge in [-0.3, -0.25) is 14.9 Å². The van der Waals surface area contributed by atoms with Crippen molar-refractivity contribution in [3.05, 3.63) is 46.5 Å². The van der Waals surface area contributed by atoms with Gasteiger partial charge in [0.05, 0.1) is 32.0 Å². The van der Waals surface area contributed by atoms with Gasteiger partial charge in [0.1, 0.15) is 0 Å². The van der Waals surface area contributed by atoms with Crippen LogP contribution in [0.1, 0.15) is 0 Å². The summed E-state index contributed by atoms with van der Waals surface area (Å²) in [4.78, 5) is 22.7. The Morgan fingerprint density at radius 1 is 1.13 bits per heavy atom. The van der Waals surface area contributed by atoms with Gasteiger partial charge in [0.2, 0.25) is 17.5 Å². The van der Waals surface area contributed by atoms with E-state index >= 15 is 0 Å². The molecule has 2 aromatic carbocycles. The number of hydrogen-bond acceptors (Lipinski definition) is 10. The van der Waals surface area contributed by atoms with Crippen LogP contribution in [0.3, 0.4) is 0 Å². The molecule has 0 fully saturated rings. The molecule has 0 saturated carbocycles. The number of carbonyl (C=O) groups is 1. The van der Waals surface area contributed by atoms with Gasteiger partial charge < -0.3 is 23.9 Å². The molecule has 0 aliphatic rings. The molecule has 0 aliphatic carbocycles. The second kappa shape index (κ2) is 9.80. The van der Waals surface area contributed by atoms with E-state index in [9.17, 15) is 14.9 Å². The Hall–Kier alpha value is -3.80. The third kappa shape index (κ3) is 5.22. The van der Waals surface area contributed by atoms with Crippen LogP contribution in [0.25, 0.3) is 11.5 Å². The third-order valence-electron chi connectivity index (χ3n) is 3.99. The van der Waals surface area contributed by atoms with Crippen molar-refractivity contribution in [3.8, 4) is 28.7 Å². The molecule has 0 aliphatic heterocycles. The number of methoxy groups -OCH3 is 3. The molecule has 12 heteroatoms. The number of carbonyl (C=O) groups excluding carboxylic acids is 1. The van der Waals surface area contributed by atoms with Gasteiger partial charge in [-0.2, -0.15) is 0 Å². The number of rotatable bonds is 9. The van der Waals surface area contributed by atoms with E-state index in [0.29, 0.717) is 28.5 Å². The van der Waals surface area contributed by atoms with E-state index in [2.05, 4.69) is 15.5 Å². The standard InChI is InChI=1S/C19H18N4O7S/c1-27-14-8-12(9-15(28-2)17(14)29-3)20-16(24)10-31-19-22-21-18(30-19)11-5-4-6-13(7-11)23(25)26/h4-9H,10H2,1-3H3,(H,20,24). The lowest BCUT2D eigenvalue weighted by atomic mass is 10.2. The van der Waals surface area contributed by atoms with E-state index in [1.54, 1.807) is 18.2 Å². The first kappa shape index (κ1) is 21.9. The van der Waals surface area contributed by atoms with E-state index in [1.165, 1.54) is 39.5 Å². The minimum absolute atomic E-state index is 0.00672. The summed E-state index contributed by atoms with van der Waals surface area (Å²) in [6, 6.07) is 9.05. The second-order valence-corrected chi connectivity index (χ2v) is 6.86. The maximum Gasteiger partial charge on any atom is 0.277 e. The highest BCUT2D eigenvalue weighted by molar-refractivity contribution is 7.99. The Morgan fingerprint density at radius 2 is 1.84 bits per heavy atom. The van der Waals surface area contributed by atoms with Crippen molar-refractivity contribution in [1.82, 2.24) is 10.2 Å². The third-order valence-corrected chi connectivity index (χ3v) is 4.80. The molecular weight excluding hydrogens is 428 g/mol. The van der Waals surface area contributed by atoms with E-state index in [4.69, 9.17) is 18.6 Å². The summed E-state index contributed by atoms with van der Waals surface area (Å²) < 4.78 is 21.3. The largest absolute Gasteiger partial charge is 0.493 e. The summed E-state index contributed by atoms with van der Waals surface area (Å²) in [6.45, 7) is 0. The average molecular weight is 446 g/mol. The van der Waals surface area contributed by atoms with Crippen LogP contribution in [0, 0.1) is 10.1 Å². The average Bonchev–Trinajstić information content (AvgIpc) is 3.26. The highest BCUT2D eigenvalue weighted by Gasteiger charge is 2.16. The van der Waals surface area contributed by atoms with E-state index < -0.39 is 4.92 Å². The number of nitro benzene ring substituents is 1. The molecule has 1 amide bonds. The minimum atomic E-state index is -0.511. The molecular formula is C19H18N4O7S. The van der Waals surface area contributed by atoms with Crippen molar-refractivity contribution in [1.29, 1.82) is 0 Å². The highest BCUT2D eigenvalue weighted by Crippen LogP contribution is 2.40. The first-order valence-corrected chi connectivity index (χ1v) is 9.74. The molecule has 0 spiro atoms. The Bertz CT molecular complexity index is 1080. The van der Waals surface area contributed by atoms with Crippen LogP contribution in [-0.4, -0.2) is 48.1 Å². The SMILES string of the molecule is COc1cc(NC(=O)CSc2nnc(-c3cccc([N+](=O)[O-])c3)o2)cc(OC)c1OC. The summed E-state index contributed by atoms with van der Waals surface area (Å²) in [5.74, 6) is 1.02. The maximum absolute atomic E-state index is 12.3. The van der Waals surface area contributed by atoms with Crippen LogP contribution < -0.4 is 19.5 Å². The van der Waals surface area contributed by atoms with Crippen molar-refractivity contribution < 1.29 is 28.3 Å². The normalized spacial score (nSPS) is 10.4. The van der Waals surface area contributed by atoms with Gasteiger partial charge >= 0.3 is 0 Å². The molecule has 31 heavy (non-hydrogen) atoms. The van der Waals surface area contributed by atoms with Crippen LogP contribution in [0.5, 0.6) is 17.2 Å². The molecule has 1 heterocycles. The van der Waals surface area contributed by atoms with Crippen LogP contribution in [0.15, 0.2) is 46.0 Å². The van der Waals surface area contributed by atoms with Gasteiger partial charge in [0, 0.05) is 35.5 Å². The lowest BCUT2D eigenvalue weighted by Crippen LogP contribution is -2.14. The van der Waals surface area contributed by atoms with Crippen molar-refractivity contribution in [2.75, 3.05) is 32.4 Å². The van der Waals surface area contributed by atoms with Crippen molar-refractivity contribution in [2.45, 2.75) is 5.22 Å². The smallest absolute Gasteiger partial charge is 0.277 e. The summed E-state index contributed by atoms with van der Waals surface area (Å²) in [5, 5.41) is 21.5. The van der Waals surface area contributed by atoms with Gasteiger partial charge in [-0.15, -0.1) is 10.2 Å². The molecule has 0 unspecified atom stereocenters. The summed E-state index contributed by atoms with van der Waals surface area (Å²) in [6.07, 6.45) is 0. The predicted molar refractivity (Wildman–Crippen MR) is 112 cm³/mol. The van der Waals surface area contributed by atoms with E-state index in [0.717, 1.165) is 11.8 Å². The van der Waals surface area contributed by atoms with Crippen LogP contribution in [0.4, 0.5) is 11.4 Å². The zero-order valence-corrected chi connectivity index (χ0v) is 17.6. The number of ether oxygens (including phenoxy) is 3. The molecule has 1 N–H and O–H groups in total. The number of non-ortho nitro benzene ring substituents is 1. The Kier molecular flexibility index (Phi) is 6.92. The fourth-order valence-electron chi connectivity index (χ4n) is 2.61. The molecule has 0 saturated heterocycles. The molecule has 11 nitrogen and oxygen atoms in total. The van der Waals surface area contributed by atoms with Crippen LogP contribution in [-0.2, 0) is 4.79 Å². The molecule has 0 radical (unpaired) electrons. The zero-order valence-electron chi connectivity index (χ0n) is 16.8. The number of benzene rings is 2. The Morgan fingerprint density at radius 3 is 2.45 bits per heavy atom. The molecule has 162 valence electrons. The zero-order chi connectivity index (χ0) is 22.4. The van der Waals surface area contributed by atoms with Crippen molar-refractivity contribution in [2.24, 2.45) is 0 Å². The van der Waals surface area contributed by atoms with E-state index in [1.807, 2.05) is 0 Å². The van der Waals surface area contributed by atoms with Crippen molar-refractivity contribution >= 4 is 29.0 Å². The summed E-state index contributed by atoms with van der Waals surface area (Å²) in [7, 11) is 4.45. The van der Waals surface area contributed by atoms with Gasteiger partial charge in [-0.25, -0.2) is 0 Å². The molecule has 0 atom stereocenters. The quantitative estimate of drug-likeness (QED) is 0.295. The lowest BCUT2D eigenvalue weighted by Gasteiger charge is -2.14. The number of aromatic nitrogens is 2. The number of anilines is 1. The van der Waals surface area contributed by atoms with Gasteiger partial charge in [0.25, 0.3) is 10.9 Å². The fourth-order valence-corrected chi connectivity index (χ4v) is 3.18. The topological polar surface area (TPSA) is 139 Å². The van der Waals surface area contributed by atoms with Crippen molar-refractivity contribution in [3.63, 3.8) is 0 Å². The maximum atomic E-state index is 12.3. The first-order valence-electron chi connectivity index (χ1n) is 8.76. The molecule has 1 aromatic heterocycles. The van der Waals surface area contributed by atoms with E-state index in [-0.39, 0.29) is 28.5 Å². The highest BCUT2D eigenvalue weighted by atomic mass is 32.2. The van der Waals surface area contributed by atoms with Gasteiger partial charge in [-0.1, -0.05) is 17.8 Å². The molecule has 3 aromatic rings. The number of nitrogens with one attached hydrogen (secondary N) is 1. The lowest BCUT2D eigenvalue weighted by molar-refractivity contribution is -0.384. The minimum Gasteiger partial charge on any atom is -0.493 e. The number of hydrogen-bond donors (Lipinski definition) is 1. The predicted octanol–water partition coefficient (Wildman–Crippen LogP) is 3.40.